The van der Waals surface area contributed by atoms with Crippen LogP contribution in [-0.2, 0) is 0 Å². The van der Waals surface area contributed by atoms with Gasteiger partial charge in [-0.1, -0.05) is 31.4 Å². The van der Waals surface area contributed by atoms with Crippen molar-refractivity contribution in [1.29, 1.82) is 0 Å². The van der Waals surface area contributed by atoms with E-state index in [9.17, 15) is 4.79 Å². The molecule has 0 saturated heterocycles. The molecule has 1 aromatic rings. The van der Waals surface area contributed by atoms with Crippen molar-refractivity contribution in [3.05, 3.63) is 22.8 Å². The third-order valence-electron chi connectivity index (χ3n) is 2.81. The number of anilines is 1. The number of nitrogen functional groups attached to an aromatic ring is 1. The third-order valence-corrected chi connectivity index (χ3v) is 3.11. The van der Waals surface area contributed by atoms with Gasteiger partial charge in [-0.3, -0.25) is 4.79 Å². The number of rotatable bonds is 7. The SMILES string of the molecule is CCCCCN(CCO)C(=O)c1cnc(N)c(Cl)c1. The van der Waals surface area contributed by atoms with E-state index in [1.165, 1.54) is 12.3 Å². The molecule has 0 aliphatic heterocycles. The summed E-state index contributed by atoms with van der Waals surface area (Å²) in [5, 5.41) is 9.30. The van der Waals surface area contributed by atoms with Crippen molar-refractivity contribution < 1.29 is 9.90 Å². The smallest absolute Gasteiger partial charge is 0.255 e. The number of nitrogens with zero attached hydrogens (tertiary/aromatic N) is 2. The second-order valence-corrected chi connectivity index (χ2v) is 4.72. The highest BCUT2D eigenvalue weighted by atomic mass is 35.5. The molecule has 5 nitrogen and oxygen atoms in total. The predicted molar refractivity (Wildman–Crippen MR) is 76.2 cm³/mol. The van der Waals surface area contributed by atoms with Gasteiger partial charge in [0.05, 0.1) is 17.2 Å². The van der Waals surface area contributed by atoms with Gasteiger partial charge in [0.2, 0.25) is 0 Å². The summed E-state index contributed by atoms with van der Waals surface area (Å²) in [5.41, 5.74) is 5.91. The Kier molecular flexibility index (Phi) is 6.59. The first kappa shape index (κ1) is 15.7. The largest absolute Gasteiger partial charge is 0.395 e. The predicted octanol–water partition coefficient (Wildman–Crippen LogP) is 1.94. The van der Waals surface area contributed by atoms with Crippen molar-refractivity contribution in [3.63, 3.8) is 0 Å². The van der Waals surface area contributed by atoms with Crippen LogP contribution in [0.1, 0.15) is 36.5 Å². The lowest BCUT2D eigenvalue weighted by Gasteiger charge is -2.21. The van der Waals surface area contributed by atoms with Crippen LogP contribution in [0, 0.1) is 0 Å². The van der Waals surface area contributed by atoms with Crippen LogP contribution in [0.4, 0.5) is 5.82 Å². The van der Waals surface area contributed by atoms with Gasteiger partial charge in [-0.25, -0.2) is 4.98 Å². The zero-order valence-electron chi connectivity index (χ0n) is 11.1. The maximum absolute atomic E-state index is 12.3. The number of aliphatic hydroxyl groups is 1. The zero-order chi connectivity index (χ0) is 14.3. The minimum atomic E-state index is -0.181. The van der Waals surface area contributed by atoms with E-state index in [1.807, 2.05) is 0 Å². The monoisotopic (exact) mass is 285 g/mol. The Hall–Kier alpha value is -1.33. The first-order valence-corrected chi connectivity index (χ1v) is 6.79. The van der Waals surface area contributed by atoms with E-state index in [2.05, 4.69) is 11.9 Å². The molecule has 0 atom stereocenters. The first-order valence-electron chi connectivity index (χ1n) is 6.41. The van der Waals surface area contributed by atoms with E-state index in [0.29, 0.717) is 18.7 Å². The van der Waals surface area contributed by atoms with Crippen LogP contribution < -0.4 is 5.73 Å². The van der Waals surface area contributed by atoms with Gasteiger partial charge in [0.1, 0.15) is 5.82 Å². The van der Waals surface area contributed by atoms with Gasteiger partial charge in [0, 0.05) is 19.3 Å². The lowest BCUT2D eigenvalue weighted by atomic mass is 10.2. The molecule has 3 N–H and O–H groups in total. The number of pyridine rings is 1. The minimum absolute atomic E-state index is 0.0615. The summed E-state index contributed by atoms with van der Waals surface area (Å²) in [6.07, 6.45) is 4.46. The Morgan fingerprint density at radius 2 is 2.21 bits per heavy atom. The Morgan fingerprint density at radius 3 is 2.79 bits per heavy atom. The molecule has 0 aliphatic rings. The van der Waals surface area contributed by atoms with Gasteiger partial charge >= 0.3 is 0 Å². The van der Waals surface area contributed by atoms with Gasteiger partial charge in [0.15, 0.2) is 0 Å². The van der Waals surface area contributed by atoms with Crippen molar-refractivity contribution >= 4 is 23.3 Å². The molecule has 0 unspecified atom stereocenters. The maximum atomic E-state index is 12.3. The maximum Gasteiger partial charge on any atom is 0.255 e. The summed E-state index contributed by atoms with van der Waals surface area (Å²) in [6, 6.07) is 1.51. The summed E-state index contributed by atoms with van der Waals surface area (Å²) in [7, 11) is 0. The number of unbranched alkanes of at least 4 members (excludes halogenated alkanes) is 2. The number of amides is 1. The molecule has 0 fully saturated rings. The molecule has 1 amide bonds. The number of aromatic nitrogens is 1. The molecule has 1 heterocycles. The molecule has 1 rings (SSSR count). The van der Waals surface area contributed by atoms with Gasteiger partial charge < -0.3 is 15.7 Å². The van der Waals surface area contributed by atoms with Crippen molar-refractivity contribution in [1.82, 2.24) is 9.88 Å². The Morgan fingerprint density at radius 1 is 1.47 bits per heavy atom. The van der Waals surface area contributed by atoms with Crippen molar-refractivity contribution in [2.24, 2.45) is 0 Å². The molecule has 0 bridgehead atoms. The highest BCUT2D eigenvalue weighted by Crippen LogP contribution is 2.18. The number of nitrogens with two attached hydrogens (primary N) is 1. The van der Waals surface area contributed by atoms with E-state index in [0.717, 1.165) is 19.3 Å². The Labute approximate surface area is 118 Å². The molecule has 0 aliphatic carbocycles. The number of carbonyl (C=O) groups is 1. The van der Waals surface area contributed by atoms with E-state index < -0.39 is 0 Å². The number of aliphatic hydroxyl groups excluding tert-OH is 1. The molecule has 106 valence electrons. The third kappa shape index (κ3) is 4.69. The summed E-state index contributed by atoms with van der Waals surface area (Å²) in [4.78, 5) is 17.8. The van der Waals surface area contributed by atoms with Crippen LogP contribution in [0.2, 0.25) is 5.02 Å². The van der Waals surface area contributed by atoms with E-state index >= 15 is 0 Å². The number of halogens is 1. The van der Waals surface area contributed by atoms with Gasteiger partial charge in [-0.2, -0.15) is 0 Å². The van der Waals surface area contributed by atoms with Crippen LogP contribution in [0.25, 0.3) is 0 Å². The van der Waals surface area contributed by atoms with Crippen LogP contribution in [0.3, 0.4) is 0 Å². The zero-order valence-corrected chi connectivity index (χ0v) is 11.9. The standard InChI is InChI=1S/C13H20ClN3O2/c1-2-3-4-5-17(6-7-18)13(19)10-8-11(14)12(15)16-9-10/h8-9,18H,2-7H2,1H3,(H2,15,16). The molecule has 0 aromatic carbocycles. The highest BCUT2D eigenvalue weighted by Gasteiger charge is 2.16. The van der Waals surface area contributed by atoms with Crippen LogP contribution in [-0.4, -0.2) is 40.6 Å². The highest BCUT2D eigenvalue weighted by molar-refractivity contribution is 6.33. The van der Waals surface area contributed by atoms with E-state index in [1.54, 1.807) is 4.90 Å². The Bertz CT molecular complexity index is 426. The summed E-state index contributed by atoms with van der Waals surface area (Å²) >= 11 is 5.86. The van der Waals surface area contributed by atoms with Gasteiger partial charge in [-0.15, -0.1) is 0 Å². The van der Waals surface area contributed by atoms with Crippen LogP contribution in [0.15, 0.2) is 12.3 Å². The average Bonchev–Trinajstić information content (AvgIpc) is 2.40. The lowest BCUT2D eigenvalue weighted by molar-refractivity contribution is 0.0718. The number of carbonyl (C=O) groups excluding carboxylic acids is 1. The van der Waals surface area contributed by atoms with Crippen molar-refractivity contribution in [2.75, 3.05) is 25.4 Å². The van der Waals surface area contributed by atoms with E-state index in [4.69, 9.17) is 22.4 Å². The summed E-state index contributed by atoms with van der Waals surface area (Å²) in [6.45, 7) is 2.97. The summed E-state index contributed by atoms with van der Waals surface area (Å²) in [5.74, 6) is 0.0254. The van der Waals surface area contributed by atoms with Crippen molar-refractivity contribution in [3.8, 4) is 0 Å². The number of hydrogen-bond acceptors (Lipinski definition) is 4. The molecular weight excluding hydrogens is 266 g/mol. The fraction of sp³-hybridized carbons (Fsp3) is 0.538. The normalized spacial score (nSPS) is 10.5. The quantitative estimate of drug-likeness (QED) is 0.751. The minimum Gasteiger partial charge on any atom is -0.395 e. The second kappa shape index (κ2) is 7.96. The first-order chi connectivity index (χ1) is 9.10. The molecule has 0 spiro atoms. The molecule has 1 aromatic heterocycles. The average molecular weight is 286 g/mol. The van der Waals surface area contributed by atoms with Crippen molar-refractivity contribution in [2.45, 2.75) is 26.2 Å². The number of hydrogen-bond donors (Lipinski definition) is 2. The molecule has 0 radical (unpaired) electrons. The summed E-state index contributed by atoms with van der Waals surface area (Å²) < 4.78 is 0. The van der Waals surface area contributed by atoms with Gasteiger partial charge in [0.25, 0.3) is 5.91 Å². The Balaban J connectivity index is 2.76. The molecular formula is C13H20ClN3O2. The molecule has 19 heavy (non-hydrogen) atoms. The molecule has 6 heteroatoms. The van der Waals surface area contributed by atoms with Crippen LogP contribution in [0.5, 0.6) is 0 Å². The lowest BCUT2D eigenvalue weighted by Crippen LogP contribution is -2.34. The second-order valence-electron chi connectivity index (χ2n) is 4.31. The van der Waals surface area contributed by atoms with Crippen LogP contribution >= 0.6 is 11.6 Å². The van der Waals surface area contributed by atoms with Gasteiger partial charge in [-0.05, 0) is 12.5 Å². The topological polar surface area (TPSA) is 79.5 Å². The molecule has 0 saturated carbocycles. The fourth-order valence-corrected chi connectivity index (χ4v) is 1.90. The fourth-order valence-electron chi connectivity index (χ4n) is 1.74. The van der Waals surface area contributed by atoms with E-state index in [-0.39, 0.29) is 23.4 Å².